The Kier molecular flexibility index (Phi) is 4.26. The minimum atomic E-state index is -0.994. The first-order valence-corrected chi connectivity index (χ1v) is 9.17. The highest BCUT2D eigenvalue weighted by Gasteiger charge is 2.44. The molecule has 1 aromatic carbocycles. The molecule has 136 valence electrons. The maximum Gasteiger partial charge on any atom is 0.330 e. The average molecular weight is 353 g/mol. The van der Waals surface area contributed by atoms with Crippen LogP contribution in [0.25, 0.3) is 0 Å². The van der Waals surface area contributed by atoms with Gasteiger partial charge in [0.15, 0.2) is 0 Å². The summed E-state index contributed by atoms with van der Waals surface area (Å²) in [6.07, 6.45) is 8.28. The molecule has 1 aliphatic carbocycles. The van der Waals surface area contributed by atoms with Gasteiger partial charge in [-0.1, -0.05) is 24.3 Å². The number of benzene rings is 1. The molecule has 0 bridgehead atoms. The third-order valence-corrected chi connectivity index (χ3v) is 6.00. The van der Waals surface area contributed by atoms with Crippen LogP contribution in [0.2, 0.25) is 0 Å². The molecule has 2 aliphatic rings. The highest BCUT2D eigenvalue weighted by atomic mass is 16.4. The number of aromatic nitrogens is 2. The van der Waals surface area contributed by atoms with Gasteiger partial charge in [-0.15, -0.1) is 0 Å². The number of nitrogens with zero attached hydrogens (tertiary/aromatic N) is 3. The Hall–Kier alpha value is -2.63. The molecular weight excluding hydrogens is 330 g/mol. The Bertz CT molecular complexity index is 807. The zero-order chi connectivity index (χ0) is 18.1. The third-order valence-electron chi connectivity index (χ3n) is 6.00. The lowest BCUT2D eigenvalue weighted by Crippen LogP contribution is -2.53. The summed E-state index contributed by atoms with van der Waals surface area (Å²) in [4.78, 5) is 30.8. The lowest BCUT2D eigenvalue weighted by Gasteiger charge is -2.41. The Morgan fingerprint density at radius 2 is 1.88 bits per heavy atom. The zero-order valence-electron chi connectivity index (χ0n) is 14.7. The van der Waals surface area contributed by atoms with Crippen LogP contribution in [0.5, 0.6) is 0 Å². The predicted molar refractivity (Wildman–Crippen MR) is 95.6 cm³/mol. The van der Waals surface area contributed by atoms with Gasteiger partial charge in [-0.25, -0.2) is 9.78 Å². The standard InChI is InChI=1S/C20H23N3O3/c24-18(17-6-5-15-3-1-2-4-16(15)13-17)22-10-7-20(8-11-22,19(25)26)23-12-9-21-14-23/h1-4,9,12,14,17H,5-8,10-11,13H2,(H,25,26)/t17-/m1/s1. The summed E-state index contributed by atoms with van der Waals surface area (Å²) < 4.78 is 1.67. The van der Waals surface area contributed by atoms with E-state index >= 15 is 0 Å². The number of carboxylic acids is 1. The van der Waals surface area contributed by atoms with E-state index in [1.54, 1.807) is 23.3 Å². The summed E-state index contributed by atoms with van der Waals surface area (Å²) in [7, 11) is 0. The van der Waals surface area contributed by atoms with Crippen LogP contribution in [-0.4, -0.2) is 44.5 Å². The van der Waals surface area contributed by atoms with Gasteiger partial charge in [0.1, 0.15) is 5.54 Å². The zero-order valence-corrected chi connectivity index (χ0v) is 14.7. The highest BCUT2D eigenvalue weighted by molar-refractivity contribution is 5.81. The number of carboxylic acid groups (broad SMARTS) is 1. The normalized spacial score (nSPS) is 21.8. The number of carbonyl (C=O) groups is 2. The molecule has 0 spiro atoms. The minimum absolute atomic E-state index is 0.00970. The van der Waals surface area contributed by atoms with Gasteiger partial charge in [-0.05, 0) is 43.2 Å². The summed E-state index contributed by atoms with van der Waals surface area (Å²) in [5.74, 6) is -0.672. The molecule has 1 aromatic heterocycles. The smallest absolute Gasteiger partial charge is 0.330 e. The number of piperidine rings is 1. The number of carbonyl (C=O) groups excluding carboxylic acids is 1. The molecule has 0 radical (unpaired) electrons. The largest absolute Gasteiger partial charge is 0.479 e. The van der Waals surface area contributed by atoms with E-state index in [1.165, 1.54) is 11.1 Å². The van der Waals surface area contributed by atoms with Gasteiger partial charge in [0.05, 0.1) is 6.33 Å². The molecule has 2 aromatic rings. The van der Waals surface area contributed by atoms with Crippen LogP contribution in [0, 0.1) is 5.92 Å². The van der Waals surface area contributed by atoms with Gasteiger partial charge in [-0.2, -0.15) is 0 Å². The van der Waals surface area contributed by atoms with E-state index < -0.39 is 11.5 Å². The Labute approximate surface area is 152 Å². The van der Waals surface area contributed by atoms with Crippen molar-refractivity contribution in [3.05, 3.63) is 54.1 Å². The lowest BCUT2D eigenvalue weighted by atomic mass is 9.82. The van der Waals surface area contributed by atoms with Crippen LogP contribution < -0.4 is 0 Å². The average Bonchev–Trinajstić information content (AvgIpc) is 3.22. The van der Waals surface area contributed by atoms with Crippen LogP contribution in [-0.2, 0) is 28.0 Å². The van der Waals surface area contributed by atoms with Crippen molar-refractivity contribution in [1.29, 1.82) is 0 Å². The number of hydrogen-bond acceptors (Lipinski definition) is 3. The second kappa shape index (κ2) is 6.59. The van der Waals surface area contributed by atoms with E-state index in [2.05, 4.69) is 17.1 Å². The number of hydrogen-bond donors (Lipinski definition) is 1. The molecule has 4 rings (SSSR count). The summed E-state index contributed by atoms with van der Waals surface area (Å²) in [6, 6.07) is 8.33. The fourth-order valence-electron chi connectivity index (χ4n) is 4.36. The number of amides is 1. The molecular formula is C20H23N3O3. The Morgan fingerprint density at radius 1 is 1.15 bits per heavy atom. The summed E-state index contributed by atoms with van der Waals surface area (Å²) >= 11 is 0. The molecule has 1 atom stereocenters. The molecule has 1 saturated heterocycles. The van der Waals surface area contributed by atoms with Gasteiger partial charge in [0.25, 0.3) is 0 Å². The molecule has 1 N–H and O–H groups in total. The Morgan fingerprint density at radius 3 is 2.54 bits per heavy atom. The maximum absolute atomic E-state index is 13.0. The SMILES string of the molecule is O=C([C@@H]1CCc2ccccc2C1)N1CCC(C(=O)O)(n2ccnc2)CC1. The number of likely N-dealkylation sites (tertiary alicyclic amines) is 1. The van der Waals surface area contributed by atoms with Crippen LogP contribution in [0.1, 0.15) is 30.4 Å². The van der Waals surface area contributed by atoms with E-state index in [0.29, 0.717) is 25.9 Å². The molecule has 26 heavy (non-hydrogen) atoms. The predicted octanol–water partition coefficient (Wildman–Crippen LogP) is 2.09. The van der Waals surface area contributed by atoms with Gasteiger partial charge in [0, 0.05) is 31.4 Å². The Balaban J connectivity index is 1.45. The van der Waals surface area contributed by atoms with Gasteiger partial charge in [-0.3, -0.25) is 4.79 Å². The first-order valence-electron chi connectivity index (χ1n) is 9.17. The molecule has 2 heterocycles. The van der Waals surface area contributed by atoms with Crippen molar-refractivity contribution in [3.63, 3.8) is 0 Å². The van der Waals surface area contributed by atoms with Crippen molar-refractivity contribution in [2.75, 3.05) is 13.1 Å². The molecule has 0 saturated carbocycles. The van der Waals surface area contributed by atoms with E-state index in [9.17, 15) is 14.7 Å². The molecule has 6 heteroatoms. The van der Waals surface area contributed by atoms with E-state index in [1.807, 2.05) is 17.0 Å². The molecule has 1 aliphatic heterocycles. The summed E-state index contributed by atoms with van der Waals surface area (Å²) in [6.45, 7) is 0.947. The second-order valence-corrected chi connectivity index (χ2v) is 7.34. The second-order valence-electron chi connectivity index (χ2n) is 7.34. The maximum atomic E-state index is 13.0. The van der Waals surface area contributed by atoms with Crippen molar-refractivity contribution in [2.24, 2.45) is 5.92 Å². The lowest BCUT2D eigenvalue weighted by molar-refractivity contribution is -0.153. The minimum Gasteiger partial charge on any atom is -0.479 e. The topological polar surface area (TPSA) is 75.4 Å². The number of aryl methyl sites for hydroxylation is 1. The quantitative estimate of drug-likeness (QED) is 0.917. The van der Waals surface area contributed by atoms with Crippen LogP contribution >= 0.6 is 0 Å². The first kappa shape index (κ1) is 16.8. The number of fused-ring (bicyclic) bond motifs is 1. The monoisotopic (exact) mass is 353 g/mol. The van der Waals surface area contributed by atoms with E-state index in [4.69, 9.17) is 0 Å². The van der Waals surface area contributed by atoms with Crippen LogP contribution in [0.4, 0.5) is 0 Å². The van der Waals surface area contributed by atoms with Crippen LogP contribution in [0.15, 0.2) is 43.0 Å². The van der Waals surface area contributed by atoms with E-state index in [0.717, 1.165) is 19.3 Å². The highest BCUT2D eigenvalue weighted by Crippen LogP contribution is 2.33. The molecule has 1 amide bonds. The number of imidazole rings is 1. The van der Waals surface area contributed by atoms with Crippen LogP contribution in [0.3, 0.4) is 0 Å². The summed E-state index contributed by atoms with van der Waals surface area (Å²) in [5, 5.41) is 9.79. The van der Waals surface area contributed by atoms with E-state index in [-0.39, 0.29) is 11.8 Å². The number of rotatable bonds is 3. The molecule has 0 unspecified atom stereocenters. The van der Waals surface area contributed by atoms with Gasteiger partial charge < -0.3 is 14.6 Å². The molecule has 1 fully saturated rings. The van der Waals surface area contributed by atoms with Gasteiger partial charge in [0.2, 0.25) is 5.91 Å². The fraction of sp³-hybridized carbons (Fsp3) is 0.450. The van der Waals surface area contributed by atoms with Crippen molar-refractivity contribution >= 4 is 11.9 Å². The van der Waals surface area contributed by atoms with Crippen molar-refractivity contribution in [2.45, 2.75) is 37.6 Å². The summed E-state index contributed by atoms with van der Waals surface area (Å²) in [5.41, 5.74) is 1.62. The third kappa shape index (κ3) is 2.79. The van der Waals surface area contributed by atoms with Crippen molar-refractivity contribution < 1.29 is 14.7 Å². The van der Waals surface area contributed by atoms with Crippen molar-refractivity contribution in [1.82, 2.24) is 14.5 Å². The first-order chi connectivity index (χ1) is 12.6. The van der Waals surface area contributed by atoms with Crippen molar-refractivity contribution in [3.8, 4) is 0 Å². The number of aliphatic carboxylic acids is 1. The van der Waals surface area contributed by atoms with Gasteiger partial charge >= 0.3 is 5.97 Å². The molecule has 6 nitrogen and oxygen atoms in total. The fourth-order valence-corrected chi connectivity index (χ4v) is 4.36.